The molecular weight excluding hydrogens is 556 g/mol. The number of ether oxygens (including phenoxy) is 4. The number of aromatic nitrogens is 2. The first-order valence-electron chi connectivity index (χ1n) is 11.8. The molecule has 15 heteroatoms. The zero-order valence-corrected chi connectivity index (χ0v) is 21.3. The van der Waals surface area contributed by atoms with E-state index in [0.717, 1.165) is 36.4 Å². The topological polar surface area (TPSA) is 200 Å². The number of hydrogen-bond acceptors (Lipinski definition) is 13. The number of nitrogens with zero attached hydrogens (tertiary/aromatic N) is 4. The summed E-state index contributed by atoms with van der Waals surface area (Å²) in [6.45, 7) is -1.00. The Labute approximate surface area is 235 Å². The summed E-state index contributed by atoms with van der Waals surface area (Å²) in [4.78, 5) is 66.1. The standard InChI is InChI=1S/C27H18N4O11/c32-25(17-5-9-28-10-6-17)39-15-19-13-21(30(35)36)1-3-23(19)41-27(34)42-24-4-2-22(31(37)38)14-20(24)16-40-26(33)18-7-11-29-12-8-18/h1-14H,15-16H2. The summed E-state index contributed by atoms with van der Waals surface area (Å²) in [5.41, 5.74) is -0.434. The summed E-state index contributed by atoms with van der Waals surface area (Å²) in [6.07, 6.45) is 4.17. The van der Waals surface area contributed by atoms with Crippen molar-refractivity contribution in [3.8, 4) is 11.5 Å². The van der Waals surface area contributed by atoms with Gasteiger partial charge in [-0.05, 0) is 36.4 Å². The van der Waals surface area contributed by atoms with Gasteiger partial charge in [0.25, 0.3) is 11.4 Å². The number of nitro benzene ring substituents is 2. The Balaban J connectivity index is 1.51. The van der Waals surface area contributed by atoms with Gasteiger partial charge >= 0.3 is 18.1 Å². The van der Waals surface area contributed by atoms with Crippen LogP contribution in [-0.2, 0) is 22.7 Å². The van der Waals surface area contributed by atoms with E-state index in [4.69, 9.17) is 18.9 Å². The van der Waals surface area contributed by atoms with Crippen LogP contribution >= 0.6 is 0 Å². The van der Waals surface area contributed by atoms with Gasteiger partial charge in [-0.25, -0.2) is 14.4 Å². The van der Waals surface area contributed by atoms with E-state index in [1.54, 1.807) is 0 Å². The minimum Gasteiger partial charge on any atom is -0.457 e. The van der Waals surface area contributed by atoms with Crippen molar-refractivity contribution in [1.82, 2.24) is 9.97 Å². The first-order chi connectivity index (χ1) is 20.2. The lowest BCUT2D eigenvalue weighted by atomic mass is 10.2. The molecule has 0 aliphatic heterocycles. The molecule has 0 amide bonds. The highest BCUT2D eigenvalue weighted by molar-refractivity contribution is 5.89. The van der Waals surface area contributed by atoms with Crippen molar-refractivity contribution >= 4 is 29.5 Å². The maximum atomic E-state index is 12.7. The van der Waals surface area contributed by atoms with Gasteiger partial charge in [0.1, 0.15) is 24.7 Å². The number of esters is 2. The monoisotopic (exact) mass is 574 g/mol. The Hall–Kier alpha value is -6.25. The fourth-order valence-corrected chi connectivity index (χ4v) is 3.41. The Morgan fingerprint density at radius 1 is 0.619 bits per heavy atom. The Bertz CT molecular complexity index is 1530. The molecule has 0 aliphatic carbocycles. The molecule has 15 nitrogen and oxygen atoms in total. The number of non-ortho nitro benzene ring substituents is 2. The van der Waals surface area contributed by atoms with Crippen molar-refractivity contribution in [3.63, 3.8) is 0 Å². The molecule has 4 rings (SSSR count). The van der Waals surface area contributed by atoms with Gasteiger partial charge in [-0.15, -0.1) is 0 Å². The second kappa shape index (κ2) is 13.2. The molecular formula is C27H18N4O11. The van der Waals surface area contributed by atoms with Gasteiger partial charge < -0.3 is 18.9 Å². The van der Waals surface area contributed by atoms with Gasteiger partial charge in [0.2, 0.25) is 0 Å². The minimum absolute atomic E-state index is 0.0289. The lowest BCUT2D eigenvalue weighted by Crippen LogP contribution is -2.17. The van der Waals surface area contributed by atoms with E-state index in [9.17, 15) is 34.6 Å². The number of hydrogen-bond donors (Lipinski definition) is 0. The van der Waals surface area contributed by atoms with E-state index in [-0.39, 0.29) is 45.1 Å². The normalized spacial score (nSPS) is 10.3. The summed E-state index contributed by atoms with van der Waals surface area (Å²) >= 11 is 0. The summed E-state index contributed by atoms with van der Waals surface area (Å²) in [5, 5.41) is 22.5. The van der Waals surface area contributed by atoms with Crippen molar-refractivity contribution in [1.29, 1.82) is 0 Å². The van der Waals surface area contributed by atoms with E-state index in [1.807, 2.05) is 0 Å². The SMILES string of the molecule is O=C(Oc1ccc([N+](=O)[O-])cc1COC(=O)c1ccncc1)Oc1ccc([N+](=O)[O-])cc1COC(=O)c1ccncc1. The predicted octanol–water partition coefficient (Wildman–Crippen LogP) is 4.58. The second-order valence-electron chi connectivity index (χ2n) is 8.18. The quantitative estimate of drug-likeness (QED) is 0.110. The summed E-state index contributed by atoms with van der Waals surface area (Å²) < 4.78 is 20.8. The molecule has 2 aromatic carbocycles. The number of rotatable bonds is 10. The van der Waals surface area contributed by atoms with Gasteiger partial charge in [-0.2, -0.15) is 0 Å². The molecule has 4 aromatic rings. The molecule has 0 radical (unpaired) electrons. The van der Waals surface area contributed by atoms with Crippen molar-refractivity contribution in [2.24, 2.45) is 0 Å². The third-order valence-corrected chi connectivity index (χ3v) is 5.45. The first kappa shape index (κ1) is 28.8. The van der Waals surface area contributed by atoms with Crippen LogP contribution in [0.15, 0.2) is 85.5 Å². The molecule has 0 fully saturated rings. The van der Waals surface area contributed by atoms with Crippen molar-refractivity contribution < 1.29 is 43.2 Å². The van der Waals surface area contributed by atoms with Crippen LogP contribution in [-0.4, -0.2) is 37.9 Å². The molecule has 0 N–H and O–H groups in total. The van der Waals surface area contributed by atoms with Crippen LogP contribution in [0.1, 0.15) is 31.8 Å². The average molecular weight is 574 g/mol. The van der Waals surface area contributed by atoms with Crippen LogP contribution in [0.5, 0.6) is 11.5 Å². The Kier molecular flexibility index (Phi) is 9.04. The summed E-state index contributed by atoms with van der Waals surface area (Å²) in [5.74, 6) is -1.95. The smallest absolute Gasteiger partial charge is 0.457 e. The highest BCUT2D eigenvalue weighted by atomic mass is 16.7. The van der Waals surface area contributed by atoms with E-state index in [0.29, 0.717) is 0 Å². The van der Waals surface area contributed by atoms with Crippen LogP contribution in [0.4, 0.5) is 16.2 Å². The van der Waals surface area contributed by atoms with Crippen molar-refractivity contribution in [3.05, 3.63) is 128 Å². The molecule has 0 saturated heterocycles. The molecule has 0 bridgehead atoms. The predicted molar refractivity (Wildman–Crippen MR) is 140 cm³/mol. The molecule has 0 saturated carbocycles. The zero-order chi connectivity index (χ0) is 30.1. The zero-order valence-electron chi connectivity index (χ0n) is 21.3. The van der Waals surface area contributed by atoms with E-state index >= 15 is 0 Å². The summed E-state index contributed by atoms with van der Waals surface area (Å²) in [7, 11) is 0. The third kappa shape index (κ3) is 7.44. The van der Waals surface area contributed by atoms with Crippen molar-refractivity contribution in [2.75, 3.05) is 0 Å². The number of carbonyl (C=O) groups is 3. The van der Waals surface area contributed by atoms with E-state index < -0.39 is 41.2 Å². The fourth-order valence-electron chi connectivity index (χ4n) is 3.41. The number of pyridine rings is 2. The van der Waals surface area contributed by atoms with Crippen LogP contribution in [0.3, 0.4) is 0 Å². The fraction of sp³-hybridized carbons (Fsp3) is 0.0741. The molecule has 0 aliphatic rings. The molecule has 0 atom stereocenters. The molecule has 2 aromatic heterocycles. The highest BCUT2D eigenvalue weighted by Gasteiger charge is 2.21. The lowest BCUT2D eigenvalue weighted by molar-refractivity contribution is -0.385. The highest BCUT2D eigenvalue weighted by Crippen LogP contribution is 2.28. The largest absolute Gasteiger partial charge is 0.519 e. The molecule has 2 heterocycles. The Morgan fingerprint density at radius 3 is 1.36 bits per heavy atom. The van der Waals surface area contributed by atoms with E-state index in [2.05, 4.69) is 9.97 Å². The summed E-state index contributed by atoms with van der Waals surface area (Å²) in [6, 6.07) is 12.1. The van der Waals surface area contributed by atoms with E-state index in [1.165, 1.54) is 49.1 Å². The first-order valence-corrected chi connectivity index (χ1v) is 11.8. The maximum Gasteiger partial charge on any atom is 0.519 e. The molecule has 0 spiro atoms. The Morgan fingerprint density at radius 2 is 1.00 bits per heavy atom. The number of benzene rings is 2. The van der Waals surface area contributed by atoms with Gasteiger partial charge in [0, 0.05) is 60.2 Å². The number of carbonyl (C=O) groups excluding carboxylic acids is 3. The minimum atomic E-state index is -1.33. The molecule has 0 unspecified atom stereocenters. The third-order valence-electron chi connectivity index (χ3n) is 5.45. The van der Waals surface area contributed by atoms with Gasteiger partial charge in [-0.3, -0.25) is 30.2 Å². The van der Waals surface area contributed by atoms with Gasteiger partial charge in [-0.1, -0.05) is 0 Å². The van der Waals surface area contributed by atoms with Crippen LogP contribution in [0.2, 0.25) is 0 Å². The van der Waals surface area contributed by atoms with Crippen molar-refractivity contribution in [2.45, 2.75) is 13.2 Å². The lowest BCUT2D eigenvalue weighted by Gasteiger charge is -2.13. The van der Waals surface area contributed by atoms with Crippen LogP contribution in [0, 0.1) is 20.2 Å². The van der Waals surface area contributed by atoms with Gasteiger partial charge in [0.05, 0.1) is 21.0 Å². The second-order valence-corrected chi connectivity index (χ2v) is 8.18. The van der Waals surface area contributed by atoms with Crippen LogP contribution in [0.25, 0.3) is 0 Å². The average Bonchev–Trinajstić information content (AvgIpc) is 3.00. The maximum absolute atomic E-state index is 12.7. The van der Waals surface area contributed by atoms with Crippen LogP contribution < -0.4 is 9.47 Å². The van der Waals surface area contributed by atoms with Gasteiger partial charge in [0.15, 0.2) is 0 Å². The molecule has 212 valence electrons. The number of nitro groups is 2. The molecule has 42 heavy (non-hydrogen) atoms.